The summed E-state index contributed by atoms with van der Waals surface area (Å²) in [6.45, 7) is 7.30. The first-order valence-electron chi connectivity index (χ1n) is 9.09. The summed E-state index contributed by atoms with van der Waals surface area (Å²) in [6.07, 6.45) is 13.2. The molecule has 0 radical (unpaired) electrons. The second-order valence-electron chi connectivity index (χ2n) is 8.50. The Morgan fingerprint density at radius 3 is 2.68 bits per heavy atom. The molecule has 0 aliphatic heterocycles. The molecule has 4 heteroatoms. The monoisotopic (exact) mass is 332 g/mol. The third kappa shape index (κ3) is 1.82. The first-order chi connectivity index (χ1) is 11.9. The van der Waals surface area contributed by atoms with Crippen LogP contribution in [0.2, 0.25) is 0 Å². The largest absolute Gasteiger partial charge is 0.346 e. The Balaban J connectivity index is 1.66. The van der Waals surface area contributed by atoms with Crippen LogP contribution in [0.3, 0.4) is 0 Å². The molecular weight excluding hydrogens is 308 g/mol. The average molecular weight is 332 g/mol. The van der Waals surface area contributed by atoms with E-state index in [1.807, 2.05) is 30.3 Å². The van der Waals surface area contributed by atoms with Crippen LogP contribution >= 0.6 is 0 Å². The van der Waals surface area contributed by atoms with Crippen molar-refractivity contribution >= 4 is 16.6 Å². The Kier molecular flexibility index (Phi) is 2.76. The maximum absolute atomic E-state index is 4.72. The highest BCUT2D eigenvalue weighted by atomic mass is 15.2. The van der Waals surface area contributed by atoms with Crippen LogP contribution in [0.1, 0.15) is 39.2 Å². The fourth-order valence-electron chi connectivity index (χ4n) is 5.06. The van der Waals surface area contributed by atoms with Crippen molar-refractivity contribution in [1.82, 2.24) is 19.7 Å². The van der Waals surface area contributed by atoms with E-state index in [4.69, 9.17) is 4.98 Å². The van der Waals surface area contributed by atoms with Crippen LogP contribution in [0.5, 0.6) is 0 Å². The van der Waals surface area contributed by atoms with Gasteiger partial charge in [-0.2, -0.15) is 5.10 Å². The van der Waals surface area contributed by atoms with E-state index in [1.165, 1.54) is 34.9 Å². The highest BCUT2D eigenvalue weighted by molar-refractivity contribution is 5.95. The number of fused-ring (bicyclic) bond motifs is 3. The lowest BCUT2D eigenvalue weighted by atomic mass is 9.66. The van der Waals surface area contributed by atoms with Crippen LogP contribution < -0.4 is 0 Å². The second-order valence-corrected chi connectivity index (χ2v) is 8.50. The minimum atomic E-state index is 0.248. The van der Waals surface area contributed by atoms with Crippen LogP contribution in [0.25, 0.3) is 27.7 Å². The van der Waals surface area contributed by atoms with Gasteiger partial charge in [0, 0.05) is 42.2 Å². The number of aromatic nitrogens is 4. The molecule has 25 heavy (non-hydrogen) atoms. The van der Waals surface area contributed by atoms with Gasteiger partial charge >= 0.3 is 0 Å². The van der Waals surface area contributed by atoms with E-state index in [0.29, 0.717) is 11.3 Å². The number of nitrogens with one attached hydrogen (secondary N) is 1. The number of pyridine rings is 1. The van der Waals surface area contributed by atoms with Gasteiger partial charge in [0.15, 0.2) is 0 Å². The molecule has 3 aromatic rings. The Bertz CT molecular complexity index is 1020. The Labute approximate surface area is 148 Å². The number of nitrogens with zero attached hydrogens (tertiary/aromatic N) is 3. The first-order valence-corrected chi connectivity index (χ1v) is 9.09. The molecule has 4 nitrogen and oxygen atoms in total. The average Bonchev–Trinajstić information content (AvgIpc) is 3.28. The van der Waals surface area contributed by atoms with Gasteiger partial charge in [-0.25, -0.2) is 4.98 Å². The summed E-state index contributed by atoms with van der Waals surface area (Å²) in [5.74, 6) is 0.687. The normalized spacial score (nSPS) is 27.2. The van der Waals surface area contributed by atoms with Gasteiger partial charge in [0.2, 0.25) is 0 Å². The SMILES string of the molecule is Cn1cc(-c2c[nH]c3ncc(C4=CC5CC[C@]4(C)C5(C)C)cc23)cn1. The minimum absolute atomic E-state index is 0.248. The molecule has 0 aromatic carbocycles. The molecular formula is C21H24N4. The van der Waals surface area contributed by atoms with Crippen molar-refractivity contribution < 1.29 is 0 Å². The van der Waals surface area contributed by atoms with Crippen molar-refractivity contribution in [1.29, 1.82) is 0 Å². The van der Waals surface area contributed by atoms with Gasteiger partial charge in [-0.3, -0.25) is 4.68 Å². The number of aromatic amines is 1. The number of H-pyrrole nitrogens is 1. The van der Waals surface area contributed by atoms with Gasteiger partial charge in [-0.15, -0.1) is 0 Å². The lowest BCUT2D eigenvalue weighted by Crippen LogP contribution is -2.29. The zero-order chi connectivity index (χ0) is 17.4. The lowest BCUT2D eigenvalue weighted by molar-refractivity contribution is 0.189. The van der Waals surface area contributed by atoms with Crippen molar-refractivity contribution in [2.45, 2.75) is 33.6 Å². The maximum Gasteiger partial charge on any atom is 0.137 e. The van der Waals surface area contributed by atoms with Gasteiger partial charge in [0.1, 0.15) is 5.65 Å². The molecule has 3 aromatic heterocycles. The van der Waals surface area contributed by atoms with Crippen LogP contribution in [-0.2, 0) is 7.05 Å². The predicted molar refractivity (Wildman–Crippen MR) is 101 cm³/mol. The summed E-state index contributed by atoms with van der Waals surface area (Å²) in [5, 5.41) is 5.49. The van der Waals surface area contributed by atoms with E-state index >= 15 is 0 Å². The van der Waals surface area contributed by atoms with Gasteiger partial charge in [-0.1, -0.05) is 26.8 Å². The Morgan fingerprint density at radius 1 is 1.20 bits per heavy atom. The maximum atomic E-state index is 4.72. The summed E-state index contributed by atoms with van der Waals surface area (Å²) in [5.41, 5.74) is 6.58. The van der Waals surface area contributed by atoms with E-state index in [9.17, 15) is 0 Å². The summed E-state index contributed by atoms with van der Waals surface area (Å²) in [6, 6.07) is 2.31. The smallest absolute Gasteiger partial charge is 0.137 e. The topological polar surface area (TPSA) is 46.5 Å². The molecule has 1 N–H and O–H groups in total. The van der Waals surface area contributed by atoms with E-state index < -0.39 is 0 Å². The van der Waals surface area contributed by atoms with Gasteiger partial charge in [0.25, 0.3) is 0 Å². The van der Waals surface area contributed by atoms with Gasteiger partial charge < -0.3 is 4.98 Å². The summed E-state index contributed by atoms with van der Waals surface area (Å²) >= 11 is 0. The minimum Gasteiger partial charge on any atom is -0.346 e. The fourth-order valence-corrected chi connectivity index (χ4v) is 5.06. The fraction of sp³-hybridized carbons (Fsp3) is 0.429. The summed E-state index contributed by atoms with van der Waals surface area (Å²) < 4.78 is 1.84. The molecule has 0 amide bonds. The molecule has 0 spiro atoms. The van der Waals surface area contributed by atoms with Crippen molar-refractivity contribution in [2.75, 3.05) is 0 Å². The zero-order valence-corrected chi connectivity index (χ0v) is 15.3. The molecule has 3 heterocycles. The van der Waals surface area contributed by atoms with Gasteiger partial charge in [0.05, 0.1) is 6.20 Å². The Hall–Kier alpha value is -2.36. The predicted octanol–water partition coefficient (Wildman–Crippen LogP) is 4.80. The Morgan fingerprint density at radius 2 is 2.04 bits per heavy atom. The number of hydrogen-bond donors (Lipinski definition) is 1. The third-order valence-corrected chi connectivity index (χ3v) is 7.12. The van der Waals surface area contributed by atoms with Crippen LogP contribution in [0.15, 0.2) is 36.9 Å². The van der Waals surface area contributed by atoms with E-state index in [2.05, 4.69) is 49.2 Å². The van der Waals surface area contributed by atoms with Gasteiger partial charge in [-0.05, 0) is 46.8 Å². The third-order valence-electron chi connectivity index (χ3n) is 7.12. The van der Waals surface area contributed by atoms with E-state index in [-0.39, 0.29) is 5.41 Å². The number of rotatable bonds is 2. The van der Waals surface area contributed by atoms with E-state index in [0.717, 1.165) is 11.2 Å². The molecule has 2 aliphatic carbocycles. The van der Waals surface area contributed by atoms with Crippen LogP contribution in [0.4, 0.5) is 0 Å². The molecule has 2 aliphatic rings. The van der Waals surface area contributed by atoms with Crippen LogP contribution in [-0.4, -0.2) is 19.7 Å². The molecule has 1 unspecified atom stereocenters. The number of hydrogen-bond acceptors (Lipinski definition) is 2. The standard InChI is InChI=1S/C21H24N4/c1-20(2)15-5-6-21(20,3)18(8-15)13-7-16-17(11-23-19(16)22-9-13)14-10-24-25(4)12-14/h7-12,15H,5-6H2,1-4H3,(H,22,23)/t15?,21-/m0/s1. The molecule has 1 saturated carbocycles. The van der Waals surface area contributed by atoms with Crippen LogP contribution in [0, 0.1) is 16.7 Å². The molecule has 1 fully saturated rings. The molecule has 5 rings (SSSR count). The quantitative estimate of drug-likeness (QED) is 0.732. The van der Waals surface area contributed by atoms with Crippen molar-refractivity contribution in [3.05, 3.63) is 42.5 Å². The van der Waals surface area contributed by atoms with Crippen molar-refractivity contribution in [2.24, 2.45) is 23.8 Å². The molecule has 0 saturated heterocycles. The number of aryl methyl sites for hydroxylation is 1. The lowest BCUT2D eigenvalue weighted by Gasteiger charge is -2.37. The van der Waals surface area contributed by atoms with E-state index in [1.54, 1.807) is 0 Å². The molecule has 2 bridgehead atoms. The molecule has 128 valence electrons. The molecule has 2 atom stereocenters. The second kappa shape index (κ2) is 4.63. The zero-order valence-electron chi connectivity index (χ0n) is 15.3. The summed E-state index contributed by atoms with van der Waals surface area (Å²) in [7, 11) is 1.95. The number of allylic oxidation sites excluding steroid dienone is 2. The van der Waals surface area contributed by atoms with Crippen molar-refractivity contribution in [3.8, 4) is 11.1 Å². The highest BCUT2D eigenvalue weighted by Crippen LogP contribution is 2.67. The summed E-state index contributed by atoms with van der Waals surface area (Å²) in [4.78, 5) is 8.02. The van der Waals surface area contributed by atoms with Crippen molar-refractivity contribution in [3.63, 3.8) is 0 Å². The highest BCUT2D eigenvalue weighted by Gasteiger charge is 2.57. The first kappa shape index (κ1) is 14.9.